The maximum absolute atomic E-state index is 12.8. The van der Waals surface area contributed by atoms with Gasteiger partial charge in [0.15, 0.2) is 5.79 Å². The van der Waals surface area contributed by atoms with Gasteiger partial charge < -0.3 is 10.2 Å². The molecule has 0 aliphatic carbocycles. The normalized spacial score (nSPS) is 15.0. The number of aromatic nitrogens is 3. The maximum atomic E-state index is 12.8. The van der Waals surface area contributed by atoms with Crippen LogP contribution in [0.25, 0.3) is 10.9 Å². The second-order valence-electron chi connectivity index (χ2n) is 6.71. The van der Waals surface area contributed by atoms with Gasteiger partial charge in [-0.2, -0.15) is 5.26 Å². The Hall–Kier alpha value is -3.52. The van der Waals surface area contributed by atoms with Crippen LogP contribution in [0.15, 0.2) is 41.3 Å². The molecule has 1 aromatic carbocycles. The van der Waals surface area contributed by atoms with Gasteiger partial charge in [0, 0.05) is 37.6 Å². The number of hydrogen-bond acceptors (Lipinski definition) is 6. The first-order chi connectivity index (χ1) is 13.5. The Balaban J connectivity index is 1.76. The zero-order valence-electron chi connectivity index (χ0n) is 14.9. The highest BCUT2D eigenvalue weighted by Gasteiger charge is 2.28. The Kier molecular flexibility index (Phi) is 4.40. The van der Waals surface area contributed by atoms with Crippen molar-refractivity contribution in [3.63, 3.8) is 0 Å². The number of hydrogen-bond donors (Lipinski definition) is 2. The first-order valence-electron chi connectivity index (χ1n) is 8.82. The molecule has 0 radical (unpaired) electrons. The minimum absolute atomic E-state index is 0.0853. The first kappa shape index (κ1) is 17.9. The van der Waals surface area contributed by atoms with Crippen LogP contribution in [0.1, 0.15) is 35.5 Å². The van der Waals surface area contributed by atoms with Crippen molar-refractivity contribution in [2.24, 2.45) is 0 Å². The predicted octanol–water partition coefficient (Wildman–Crippen LogP) is 1.08. The Bertz CT molecular complexity index is 1240. The fourth-order valence-electron chi connectivity index (χ4n) is 3.22. The summed E-state index contributed by atoms with van der Waals surface area (Å²) in [5.41, 5.74) is 1.74. The Morgan fingerprint density at radius 1 is 1.18 bits per heavy atom. The molecule has 0 unspecified atom stereocenters. The van der Waals surface area contributed by atoms with Gasteiger partial charge >= 0.3 is 0 Å². The summed E-state index contributed by atoms with van der Waals surface area (Å²) in [6, 6.07) is 10.5. The van der Waals surface area contributed by atoms with Crippen molar-refractivity contribution in [3.8, 4) is 17.9 Å². The van der Waals surface area contributed by atoms with Crippen molar-refractivity contribution < 1.29 is 10.2 Å². The summed E-state index contributed by atoms with van der Waals surface area (Å²) in [7, 11) is 0. The van der Waals surface area contributed by atoms with E-state index in [2.05, 4.69) is 27.9 Å². The van der Waals surface area contributed by atoms with E-state index in [1.807, 2.05) is 0 Å². The molecule has 4 rings (SSSR count). The number of aliphatic hydroxyl groups is 2. The second kappa shape index (κ2) is 6.90. The quantitative estimate of drug-likeness (QED) is 0.451. The van der Waals surface area contributed by atoms with Crippen molar-refractivity contribution in [3.05, 3.63) is 69.5 Å². The van der Waals surface area contributed by atoms with E-state index in [1.165, 1.54) is 4.57 Å². The molecule has 138 valence electrons. The van der Waals surface area contributed by atoms with Gasteiger partial charge in [0.25, 0.3) is 5.56 Å². The molecule has 1 aliphatic heterocycles. The Labute approximate surface area is 160 Å². The van der Waals surface area contributed by atoms with Gasteiger partial charge in [-0.3, -0.25) is 9.36 Å². The lowest BCUT2D eigenvalue weighted by Crippen LogP contribution is -2.29. The highest BCUT2D eigenvalue weighted by Crippen LogP contribution is 2.21. The van der Waals surface area contributed by atoms with E-state index < -0.39 is 5.79 Å². The molecule has 2 aromatic heterocycles. The van der Waals surface area contributed by atoms with Gasteiger partial charge in [0.2, 0.25) is 0 Å². The van der Waals surface area contributed by atoms with Crippen molar-refractivity contribution in [1.82, 2.24) is 14.5 Å². The molecular weight excluding hydrogens is 356 g/mol. The number of fused-ring (bicyclic) bond motifs is 2. The third-order valence-electron chi connectivity index (χ3n) is 4.77. The summed E-state index contributed by atoms with van der Waals surface area (Å²) < 4.78 is 1.51. The molecule has 0 spiro atoms. The minimum atomic E-state index is -1.79. The van der Waals surface area contributed by atoms with Crippen LogP contribution in [-0.4, -0.2) is 30.5 Å². The number of pyridine rings is 1. The van der Waals surface area contributed by atoms with E-state index in [9.17, 15) is 15.0 Å². The van der Waals surface area contributed by atoms with E-state index in [1.54, 1.807) is 36.5 Å². The van der Waals surface area contributed by atoms with Gasteiger partial charge in [-0.05, 0) is 36.3 Å². The Morgan fingerprint density at radius 3 is 2.86 bits per heavy atom. The van der Waals surface area contributed by atoms with Crippen molar-refractivity contribution in [2.75, 3.05) is 0 Å². The third-order valence-corrected chi connectivity index (χ3v) is 4.77. The number of rotatable bonds is 0. The lowest BCUT2D eigenvalue weighted by atomic mass is 10.1. The summed E-state index contributed by atoms with van der Waals surface area (Å²) in [4.78, 5) is 21.5. The van der Waals surface area contributed by atoms with Gasteiger partial charge in [0.05, 0.1) is 16.5 Å². The summed E-state index contributed by atoms with van der Waals surface area (Å²) >= 11 is 0. The van der Waals surface area contributed by atoms with Crippen LogP contribution in [0.4, 0.5) is 0 Å². The van der Waals surface area contributed by atoms with Crippen LogP contribution in [0.3, 0.4) is 0 Å². The Morgan fingerprint density at radius 2 is 2.04 bits per heavy atom. The van der Waals surface area contributed by atoms with Crippen LogP contribution in [-0.2, 0) is 13.0 Å². The van der Waals surface area contributed by atoms with Crippen LogP contribution >= 0.6 is 0 Å². The highest BCUT2D eigenvalue weighted by molar-refractivity contribution is 5.79. The number of benzene rings is 1. The lowest BCUT2D eigenvalue weighted by Gasteiger charge is -2.17. The molecule has 7 heteroatoms. The molecule has 2 N–H and O–H groups in total. The molecule has 1 aliphatic rings. The van der Waals surface area contributed by atoms with Crippen LogP contribution in [0.5, 0.6) is 0 Å². The largest absolute Gasteiger partial charge is 0.366 e. The standard InChI is InChI=1S/C21H16N4O3/c22-13-15-2-1-10-23-17(15)6-4-14-3-5-16-18(12-14)24-19-7-8-21(27,28)9-11-25(19)20(16)26/h1-3,5,10,12,27-28H,7-9,11H2. The SMILES string of the molecule is N#Cc1cccnc1C#Cc1ccc2c(=O)n3c(nc2c1)CCC(O)(O)CC3. The van der Waals surface area contributed by atoms with E-state index in [0.717, 1.165) is 0 Å². The van der Waals surface area contributed by atoms with Gasteiger partial charge in [-0.15, -0.1) is 0 Å². The lowest BCUT2D eigenvalue weighted by molar-refractivity contribution is -0.169. The van der Waals surface area contributed by atoms with E-state index in [0.29, 0.717) is 40.0 Å². The molecule has 0 fully saturated rings. The summed E-state index contributed by atoms with van der Waals surface area (Å²) in [6.07, 6.45) is 2.09. The molecule has 3 aromatic rings. The topological polar surface area (TPSA) is 112 Å². The van der Waals surface area contributed by atoms with Crippen molar-refractivity contribution in [2.45, 2.75) is 31.6 Å². The molecular formula is C21H16N4O3. The summed E-state index contributed by atoms with van der Waals surface area (Å²) in [6.45, 7) is 0.211. The average Bonchev–Trinajstić information content (AvgIpc) is 2.85. The third kappa shape index (κ3) is 3.37. The first-order valence-corrected chi connectivity index (χ1v) is 8.82. The van der Waals surface area contributed by atoms with Crippen molar-refractivity contribution in [1.29, 1.82) is 5.26 Å². The van der Waals surface area contributed by atoms with E-state index in [4.69, 9.17) is 5.26 Å². The molecule has 28 heavy (non-hydrogen) atoms. The van der Waals surface area contributed by atoms with Crippen LogP contribution < -0.4 is 5.56 Å². The van der Waals surface area contributed by atoms with Gasteiger partial charge in [-0.25, -0.2) is 9.97 Å². The molecule has 0 saturated carbocycles. The predicted molar refractivity (Wildman–Crippen MR) is 101 cm³/mol. The molecule has 7 nitrogen and oxygen atoms in total. The van der Waals surface area contributed by atoms with Gasteiger partial charge in [0.1, 0.15) is 17.6 Å². The zero-order chi connectivity index (χ0) is 19.7. The van der Waals surface area contributed by atoms with Crippen LogP contribution in [0.2, 0.25) is 0 Å². The number of nitriles is 1. The smallest absolute Gasteiger partial charge is 0.261 e. The summed E-state index contributed by atoms with van der Waals surface area (Å²) in [5, 5.41) is 29.3. The second-order valence-corrected chi connectivity index (χ2v) is 6.71. The summed E-state index contributed by atoms with van der Waals surface area (Å²) in [5.74, 6) is 4.59. The molecule has 0 saturated heterocycles. The van der Waals surface area contributed by atoms with E-state index >= 15 is 0 Å². The maximum Gasteiger partial charge on any atom is 0.261 e. The molecule has 3 heterocycles. The minimum Gasteiger partial charge on any atom is -0.366 e. The molecule has 0 atom stereocenters. The average molecular weight is 372 g/mol. The molecule has 0 amide bonds. The fraction of sp³-hybridized carbons (Fsp3) is 0.238. The van der Waals surface area contributed by atoms with E-state index in [-0.39, 0.29) is 24.9 Å². The fourth-order valence-corrected chi connectivity index (χ4v) is 3.22. The number of aryl methyl sites for hydroxylation is 1. The van der Waals surface area contributed by atoms with Crippen LogP contribution in [0, 0.1) is 23.2 Å². The highest BCUT2D eigenvalue weighted by atomic mass is 16.5. The van der Waals surface area contributed by atoms with Crippen molar-refractivity contribution >= 4 is 10.9 Å². The van der Waals surface area contributed by atoms with Gasteiger partial charge in [-0.1, -0.05) is 5.92 Å². The molecule has 0 bridgehead atoms. The zero-order valence-corrected chi connectivity index (χ0v) is 14.9. The monoisotopic (exact) mass is 372 g/mol. The number of nitrogens with zero attached hydrogens (tertiary/aromatic N) is 4.